The molecule has 1 N–H and O–H groups in total. The summed E-state index contributed by atoms with van der Waals surface area (Å²) in [5, 5.41) is 20.2. The Morgan fingerprint density at radius 1 is 1.15 bits per heavy atom. The van der Waals surface area contributed by atoms with E-state index >= 15 is 0 Å². The second-order valence-electron chi connectivity index (χ2n) is 10.5. The number of benzene rings is 2. The minimum Gasteiger partial charge on any atom is -0.434 e. The number of alkyl halides is 2. The van der Waals surface area contributed by atoms with Crippen LogP contribution in [0.2, 0.25) is 0 Å². The molecule has 202 valence electrons. The molecule has 2 atom stereocenters. The molecule has 0 aliphatic heterocycles. The summed E-state index contributed by atoms with van der Waals surface area (Å²) in [6, 6.07) is 12.8. The van der Waals surface area contributed by atoms with Crippen LogP contribution in [0.3, 0.4) is 0 Å². The van der Waals surface area contributed by atoms with Crippen LogP contribution in [-0.2, 0) is 19.2 Å². The molecule has 0 radical (unpaired) electrons. The van der Waals surface area contributed by atoms with Crippen molar-refractivity contribution in [2.24, 2.45) is 13.0 Å². The number of fused-ring (bicyclic) bond motifs is 1. The van der Waals surface area contributed by atoms with Gasteiger partial charge in [0.1, 0.15) is 11.4 Å². The molecular formula is C29H29F2N5O3. The third-order valence-electron chi connectivity index (χ3n) is 7.43. The van der Waals surface area contributed by atoms with Crippen LogP contribution in [-0.4, -0.2) is 31.0 Å². The van der Waals surface area contributed by atoms with E-state index in [-0.39, 0.29) is 35.5 Å². The van der Waals surface area contributed by atoms with Crippen molar-refractivity contribution >= 4 is 10.9 Å². The molecule has 8 nitrogen and oxygen atoms in total. The molecule has 1 aliphatic rings. The van der Waals surface area contributed by atoms with Crippen LogP contribution in [0.25, 0.3) is 22.0 Å². The van der Waals surface area contributed by atoms with Gasteiger partial charge in [-0.25, -0.2) is 9.97 Å². The number of rotatable bonds is 7. The van der Waals surface area contributed by atoms with Gasteiger partial charge in [0, 0.05) is 30.6 Å². The van der Waals surface area contributed by atoms with Gasteiger partial charge in [-0.05, 0) is 68.0 Å². The monoisotopic (exact) mass is 533 g/mol. The van der Waals surface area contributed by atoms with Crippen LogP contribution in [0, 0.1) is 17.2 Å². The molecule has 0 spiro atoms. The lowest BCUT2D eigenvalue weighted by Crippen LogP contribution is -2.20. The number of aliphatic hydroxyl groups is 1. The van der Waals surface area contributed by atoms with Gasteiger partial charge in [0.25, 0.3) is 5.56 Å². The molecule has 39 heavy (non-hydrogen) atoms. The highest BCUT2D eigenvalue weighted by Crippen LogP contribution is 2.40. The number of aromatic nitrogens is 4. The van der Waals surface area contributed by atoms with Crippen LogP contribution in [0.4, 0.5) is 8.78 Å². The van der Waals surface area contributed by atoms with Crippen molar-refractivity contribution in [1.82, 2.24) is 19.3 Å². The maximum absolute atomic E-state index is 13.3. The molecule has 2 aromatic carbocycles. The zero-order chi connectivity index (χ0) is 27.9. The van der Waals surface area contributed by atoms with Crippen molar-refractivity contribution in [3.8, 4) is 22.9 Å². The van der Waals surface area contributed by atoms with E-state index in [1.54, 1.807) is 56.2 Å². The molecule has 0 saturated heterocycles. The second-order valence-corrected chi connectivity index (χ2v) is 10.5. The van der Waals surface area contributed by atoms with Gasteiger partial charge >= 0.3 is 6.61 Å². The van der Waals surface area contributed by atoms with E-state index in [2.05, 4.69) is 16.0 Å². The third-order valence-corrected chi connectivity index (χ3v) is 7.43. The molecule has 0 amide bonds. The summed E-state index contributed by atoms with van der Waals surface area (Å²) in [7, 11) is 1.63. The van der Waals surface area contributed by atoms with Crippen LogP contribution >= 0.6 is 0 Å². The average molecular weight is 534 g/mol. The molecule has 10 heteroatoms. The van der Waals surface area contributed by atoms with E-state index in [0.717, 1.165) is 30.4 Å². The standard InChI is InChI=1S/C29H29F2N5O3/c1-29(2,38)27-33-14-21(15-34-27)17-7-9-23-24(12-17)36(35(3)26(23)37)16-20-11-18(8-10-25(20)39-28(30)31)22-6-4-5-19(22)13-32/h7-12,14-15,19,22,28,38H,4-6,16H2,1-3H3. The number of halogens is 2. The molecule has 1 aliphatic carbocycles. The Kier molecular flexibility index (Phi) is 6.95. The van der Waals surface area contributed by atoms with Crippen molar-refractivity contribution in [3.05, 3.63) is 76.1 Å². The van der Waals surface area contributed by atoms with Crippen molar-refractivity contribution in [2.45, 2.75) is 57.8 Å². The Labute approximate surface area is 224 Å². The fraction of sp³-hybridized carbons (Fsp3) is 0.379. The Balaban J connectivity index is 1.58. The fourth-order valence-electron chi connectivity index (χ4n) is 5.37. The van der Waals surface area contributed by atoms with Gasteiger partial charge in [0.05, 0.1) is 29.4 Å². The summed E-state index contributed by atoms with van der Waals surface area (Å²) in [5.41, 5.74) is 2.05. The highest BCUT2D eigenvalue weighted by Gasteiger charge is 2.29. The molecule has 5 rings (SSSR count). The molecule has 1 saturated carbocycles. The first-order chi connectivity index (χ1) is 18.6. The SMILES string of the molecule is Cn1c(=O)c2ccc(-c3cnc(C(C)(C)O)nc3)cc2n1Cc1cc(C2CCCC2C#N)ccc1OC(F)F. The van der Waals surface area contributed by atoms with Crippen molar-refractivity contribution in [3.63, 3.8) is 0 Å². The predicted octanol–water partition coefficient (Wildman–Crippen LogP) is 5.08. The van der Waals surface area contributed by atoms with Crippen LogP contribution in [0.5, 0.6) is 5.75 Å². The molecule has 4 aromatic rings. The zero-order valence-electron chi connectivity index (χ0n) is 21.9. The minimum atomic E-state index is -3.00. The Morgan fingerprint density at radius 2 is 1.90 bits per heavy atom. The summed E-state index contributed by atoms with van der Waals surface area (Å²) in [5.74, 6) is 0.222. The predicted molar refractivity (Wildman–Crippen MR) is 141 cm³/mol. The van der Waals surface area contributed by atoms with Gasteiger partial charge in [-0.2, -0.15) is 14.0 Å². The maximum atomic E-state index is 13.3. The highest BCUT2D eigenvalue weighted by atomic mass is 19.3. The van der Waals surface area contributed by atoms with Crippen LogP contribution in [0.15, 0.2) is 53.6 Å². The third kappa shape index (κ3) is 5.14. The summed E-state index contributed by atoms with van der Waals surface area (Å²) < 4.78 is 34.6. The minimum absolute atomic E-state index is 0.0260. The maximum Gasteiger partial charge on any atom is 0.387 e. The lowest BCUT2D eigenvalue weighted by Gasteiger charge is -2.19. The number of hydrogen-bond acceptors (Lipinski definition) is 6. The first kappa shape index (κ1) is 26.5. The largest absolute Gasteiger partial charge is 0.434 e. The molecule has 0 bridgehead atoms. The first-order valence-electron chi connectivity index (χ1n) is 12.8. The summed E-state index contributed by atoms with van der Waals surface area (Å²) in [4.78, 5) is 21.6. The normalized spacial score (nSPS) is 17.6. The quantitative estimate of drug-likeness (QED) is 0.355. The summed E-state index contributed by atoms with van der Waals surface area (Å²) in [6.45, 7) is 0.305. The lowest BCUT2D eigenvalue weighted by atomic mass is 9.89. The van der Waals surface area contributed by atoms with Crippen molar-refractivity contribution in [2.75, 3.05) is 0 Å². The van der Waals surface area contributed by atoms with Crippen molar-refractivity contribution < 1.29 is 18.6 Å². The lowest BCUT2D eigenvalue weighted by molar-refractivity contribution is -0.0505. The number of hydrogen-bond donors (Lipinski definition) is 1. The highest BCUT2D eigenvalue weighted by molar-refractivity contribution is 5.84. The summed E-state index contributed by atoms with van der Waals surface area (Å²) >= 11 is 0. The van der Waals surface area contributed by atoms with Gasteiger partial charge in [0.15, 0.2) is 5.82 Å². The van der Waals surface area contributed by atoms with Gasteiger partial charge in [-0.1, -0.05) is 18.6 Å². The average Bonchev–Trinajstić information content (AvgIpc) is 3.48. The van der Waals surface area contributed by atoms with E-state index in [0.29, 0.717) is 22.0 Å². The van der Waals surface area contributed by atoms with E-state index in [9.17, 15) is 23.9 Å². The topological polar surface area (TPSA) is 106 Å². The van der Waals surface area contributed by atoms with Crippen molar-refractivity contribution in [1.29, 1.82) is 5.26 Å². The van der Waals surface area contributed by atoms with Gasteiger partial charge in [-0.15, -0.1) is 0 Å². The number of ether oxygens (including phenoxy) is 1. The van der Waals surface area contributed by atoms with E-state index < -0.39 is 12.2 Å². The van der Waals surface area contributed by atoms with Gasteiger partial charge in [0.2, 0.25) is 0 Å². The van der Waals surface area contributed by atoms with Gasteiger partial charge < -0.3 is 9.84 Å². The first-order valence-corrected chi connectivity index (χ1v) is 12.8. The molecule has 2 aromatic heterocycles. The molecule has 2 unspecified atom stereocenters. The van der Waals surface area contributed by atoms with E-state index in [1.165, 1.54) is 10.7 Å². The molecule has 1 fully saturated rings. The molecular weight excluding hydrogens is 504 g/mol. The van der Waals surface area contributed by atoms with E-state index in [4.69, 9.17) is 4.74 Å². The number of nitriles is 1. The zero-order valence-corrected chi connectivity index (χ0v) is 21.9. The Hall–Kier alpha value is -4.10. The van der Waals surface area contributed by atoms with Crippen LogP contribution in [0.1, 0.15) is 56.0 Å². The number of nitrogens with zero attached hydrogens (tertiary/aromatic N) is 5. The Bertz CT molecular complexity index is 1610. The Morgan fingerprint density at radius 3 is 2.56 bits per heavy atom. The van der Waals surface area contributed by atoms with E-state index in [1.807, 2.05) is 12.1 Å². The van der Waals surface area contributed by atoms with Crippen LogP contribution < -0.4 is 10.3 Å². The van der Waals surface area contributed by atoms with Gasteiger partial charge in [-0.3, -0.25) is 14.2 Å². The fourth-order valence-corrected chi connectivity index (χ4v) is 5.37. The second kappa shape index (κ2) is 10.2. The summed E-state index contributed by atoms with van der Waals surface area (Å²) in [6.07, 6.45) is 5.82. The smallest absolute Gasteiger partial charge is 0.387 e. The molecule has 2 heterocycles.